The number of fused-ring (bicyclic) bond motifs is 1. The summed E-state index contributed by atoms with van der Waals surface area (Å²) < 4.78 is 13.6. The van der Waals surface area contributed by atoms with Gasteiger partial charge in [0.1, 0.15) is 0 Å². The summed E-state index contributed by atoms with van der Waals surface area (Å²) >= 11 is 0. The van der Waals surface area contributed by atoms with Gasteiger partial charge in [-0.1, -0.05) is 106 Å². The van der Waals surface area contributed by atoms with Crippen molar-refractivity contribution in [2.75, 3.05) is 0 Å². The highest BCUT2D eigenvalue weighted by molar-refractivity contribution is 6.48. The molecule has 0 aromatic heterocycles. The van der Waals surface area contributed by atoms with Crippen molar-refractivity contribution in [3.8, 4) is 0 Å². The predicted octanol–water partition coefficient (Wildman–Crippen LogP) is 7.74. The second kappa shape index (κ2) is 12.4. The van der Waals surface area contributed by atoms with Gasteiger partial charge in [-0.15, -0.1) is 0 Å². The van der Waals surface area contributed by atoms with Crippen molar-refractivity contribution in [2.45, 2.75) is 96.2 Å². The molecule has 2 heterocycles. The normalized spacial score (nSPS) is 27.9. The third-order valence-corrected chi connectivity index (χ3v) is 12.7. The number of amides is 1. The Labute approximate surface area is 285 Å². The molecule has 1 N–H and O–H groups in total. The van der Waals surface area contributed by atoms with Crippen LogP contribution in [0.25, 0.3) is 0 Å². The molecule has 6 nitrogen and oxygen atoms in total. The Bertz CT molecular complexity index is 1720. The summed E-state index contributed by atoms with van der Waals surface area (Å²) in [5.41, 5.74) is 5.64. The summed E-state index contributed by atoms with van der Waals surface area (Å²) in [5, 5.41) is 3.41. The van der Waals surface area contributed by atoms with Crippen LogP contribution >= 0.6 is 0 Å². The maximum Gasteiger partial charge on any atom is 0.481 e. The molecule has 7 heteroatoms. The summed E-state index contributed by atoms with van der Waals surface area (Å²) in [5.74, 6) is 0.781. The molecule has 0 radical (unpaired) electrons. The van der Waals surface area contributed by atoms with Crippen molar-refractivity contribution in [1.82, 2.24) is 5.32 Å². The lowest BCUT2D eigenvalue weighted by Crippen LogP contribution is -2.65. The van der Waals surface area contributed by atoms with Crippen molar-refractivity contribution < 1.29 is 18.9 Å². The number of hydrogen-bond donors (Lipinski definition) is 1. The standard InChI is InChI=1S/C41H47BN2O4/c1-40(2)32-24-36(40)41(3)37(25-32)47-42(48-41)38(20-27-13-10-14-27)44-39(46)31(19-26-11-6-4-7-12-26)23-35(45)30-18-17-29-21-33(43-34(29)22-30)28-15-8-5-9-16-28/h4-9,11-12,15-18,22,27,31-32,36-38H,10,13-14,19-21,23-25H2,1-3H3,(H,44,46)/t31-,32+,36+,37-,38+,41+/m1/s1. The third kappa shape index (κ3) is 5.77. The minimum atomic E-state index is -0.522. The Morgan fingerprint density at radius 2 is 1.73 bits per heavy atom. The minimum absolute atomic E-state index is 0.0401. The van der Waals surface area contributed by atoms with Crippen LogP contribution in [0.3, 0.4) is 0 Å². The van der Waals surface area contributed by atoms with Crippen molar-refractivity contribution in [3.63, 3.8) is 0 Å². The van der Waals surface area contributed by atoms with Gasteiger partial charge in [0.2, 0.25) is 5.91 Å². The van der Waals surface area contributed by atoms with Crippen LogP contribution in [0.4, 0.5) is 5.69 Å². The van der Waals surface area contributed by atoms with Gasteiger partial charge in [0.15, 0.2) is 5.78 Å². The first-order chi connectivity index (χ1) is 23.2. The minimum Gasteiger partial charge on any atom is -0.404 e. The fourth-order valence-corrected chi connectivity index (χ4v) is 9.35. The maximum atomic E-state index is 14.3. The zero-order valence-corrected chi connectivity index (χ0v) is 28.5. The second-order valence-electron chi connectivity index (χ2n) is 15.9. The number of carbonyl (C=O) groups excluding carboxylic acids is 2. The Morgan fingerprint density at radius 3 is 2.44 bits per heavy atom. The Kier molecular flexibility index (Phi) is 8.20. The molecule has 6 aliphatic rings. The molecule has 3 aromatic carbocycles. The van der Waals surface area contributed by atoms with Gasteiger partial charge in [-0.25, -0.2) is 0 Å². The molecule has 48 heavy (non-hydrogen) atoms. The van der Waals surface area contributed by atoms with Gasteiger partial charge in [-0.2, -0.15) is 0 Å². The zero-order chi connectivity index (χ0) is 33.0. The van der Waals surface area contributed by atoms with E-state index < -0.39 is 13.0 Å². The van der Waals surface area contributed by atoms with Crippen LogP contribution in [0.15, 0.2) is 83.9 Å². The van der Waals surface area contributed by atoms with Gasteiger partial charge in [-0.05, 0) is 78.5 Å². The molecule has 2 aliphatic heterocycles. The average molecular weight is 643 g/mol. The number of nitrogens with one attached hydrogen (secondary N) is 1. The number of Topliss-reactive ketones (excluding diaryl/α,β-unsaturated/α-hetero) is 1. The first-order valence-electron chi connectivity index (χ1n) is 18.1. The summed E-state index contributed by atoms with van der Waals surface area (Å²) in [4.78, 5) is 33.1. The smallest absolute Gasteiger partial charge is 0.404 e. The van der Waals surface area contributed by atoms with Gasteiger partial charge in [-0.3, -0.25) is 14.6 Å². The first kappa shape index (κ1) is 31.7. The largest absolute Gasteiger partial charge is 0.481 e. The number of ketones is 1. The molecule has 0 spiro atoms. The van der Waals surface area contributed by atoms with Crippen LogP contribution in [0.2, 0.25) is 0 Å². The lowest BCUT2D eigenvalue weighted by Gasteiger charge is -2.64. The fourth-order valence-electron chi connectivity index (χ4n) is 9.35. The van der Waals surface area contributed by atoms with E-state index in [9.17, 15) is 9.59 Å². The highest BCUT2D eigenvalue weighted by Gasteiger charge is 2.68. The molecule has 9 rings (SSSR count). The van der Waals surface area contributed by atoms with E-state index in [0.29, 0.717) is 29.7 Å². The van der Waals surface area contributed by atoms with E-state index in [1.165, 1.54) is 25.7 Å². The van der Waals surface area contributed by atoms with Crippen LogP contribution in [-0.2, 0) is 26.9 Å². The van der Waals surface area contributed by atoms with Gasteiger partial charge in [0.05, 0.1) is 29.0 Å². The number of carbonyl (C=O) groups is 2. The number of nitrogens with zero attached hydrogens (tertiary/aromatic N) is 1. The van der Waals surface area contributed by atoms with E-state index >= 15 is 0 Å². The van der Waals surface area contributed by atoms with Gasteiger partial charge in [0, 0.05) is 24.3 Å². The summed E-state index contributed by atoms with van der Waals surface area (Å²) in [6, 6.07) is 26.0. The SMILES string of the molecule is CC1(C)[C@@H]2C[C@H]3OB([C@H](CC4CCC4)NC(=O)[C@@H](CC(=O)c4ccc5c(c4)N=C(c4ccccc4)C5)Cc4ccccc4)O[C@@]3(C)[C@H]1C2. The molecule has 2 bridgehead atoms. The average Bonchev–Trinajstić information content (AvgIpc) is 3.66. The molecular formula is C41H47BN2O4. The van der Waals surface area contributed by atoms with Gasteiger partial charge in [0.25, 0.3) is 0 Å². The quantitative estimate of drug-likeness (QED) is 0.172. The van der Waals surface area contributed by atoms with Crippen molar-refractivity contribution in [2.24, 2.45) is 34.1 Å². The van der Waals surface area contributed by atoms with E-state index in [1.54, 1.807) is 0 Å². The fraction of sp³-hybridized carbons (Fsp3) is 0.488. The van der Waals surface area contributed by atoms with Crippen LogP contribution < -0.4 is 5.32 Å². The molecule has 248 valence electrons. The first-order valence-corrected chi connectivity index (χ1v) is 18.1. The lowest BCUT2D eigenvalue weighted by molar-refractivity contribution is -0.199. The number of rotatable bonds is 11. The number of aliphatic imine (C=N–C) groups is 1. The highest BCUT2D eigenvalue weighted by Crippen LogP contribution is 2.65. The van der Waals surface area contributed by atoms with Crippen LogP contribution in [0.1, 0.15) is 92.8 Å². The molecule has 1 amide bonds. The van der Waals surface area contributed by atoms with E-state index in [2.05, 4.69) is 38.2 Å². The Hall–Kier alpha value is -3.55. The summed E-state index contributed by atoms with van der Waals surface area (Å²) in [6.07, 6.45) is 8.06. The molecule has 1 saturated heterocycles. The van der Waals surface area contributed by atoms with Crippen LogP contribution in [-0.4, -0.2) is 42.2 Å². The number of hydrogen-bond acceptors (Lipinski definition) is 5. The van der Waals surface area contributed by atoms with Crippen LogP contribution in [0, 0.1) is 29.1 Å². The molecule has 4 saturated carbocycles. The third-order valence-electron chi connectivity index (χ3n) is 12.7. The van der Waals surface area contributed by atoms with E-state index in [0.717, 1.165) is 47.4 Å². The molecule has 5 fully saturated rings. The molecule has 3 aromatic rings. The van der Waals surface area contributed by atoms with Crippen molar-refractivity contribution in [3.05, 3.63) is 101 Å². The van der Waals surface area contributed by atoms with E-state index in [1.807, 2.05) is 66.7 Å². The Morgan fingerprint density at radius 1 is 0.979 bits per heavy atom. The topological polar surface area (TPSA) is 77.0 Å². The Balaban J connectivity index is 1.01. The number of benzene rings is 3. The van der Waals surface area contributed by atoms with Gasteiger partial charge >= 0.3 is 7.12 Å². The molecule has 0 unspecified atom stereocenters. The van der Waals surface area contributed by atoms with Crippen molar-refractivity contribution >= 4 is 30.2 Å². The van der Waals surface area contributed by atoms with E-state index in [-0.39, 0.29) is 41.2 Å². The van der Waals surface area contributed by atoms with Gasteiger partial charge < -0.3 is 14.6 Å². The monoisotopic (exact) mass is 642 g/mol. The molecule has 6 atom stereocenters. The second-order valence-corrected chi connectivity index (χ2v) is 15.9. The highest BCUT2D eigenvalue weighted by atomic mass is 16.7. The summed E-state index contributed by atoms with van der Waals surface area (Å²) in [7, 11) is -0.471. The van der Waals surface area contributed by atoms with E-state index in [4.69, 9.17) is 14.3 Å². The summed E-state index contributed by atoms with van der Waals surface area (Å²) in [6.45, 7) is 6.98. The molecule has 4 aliphatic carbocycles. The predicted molar refractivity (Wildman–Crippen MR) is 189 cm³/mol. The zero-order valence-electron chi connectivity index (χ0n) is 28.5. The van der Waals surface area contributed by atoms with Crippen LogP contribution in [0.5, 0.6) is 0 Å². The van der Waals surface area contributed by atoms with Crippen molar-refractivity contribution in [1.29, 1.82) is 0 Å². The molecular weight excluding hydrogens is 595 g/mol. The lowest BCUT2D eigenvalue weighted by atomic mass is 9.43. The maximum absolute atomic E-state index is 14.3.